The third kappa shape index (κ3) is 7.43. The van der Waals surface area contributed by atoms with Crippen LogP contribution in [0.5, 0.6) is 0 Å². The Labute approximate surface area is 184 Å². The molecule has 0 atom stereocenters. The average Bonchev–Trinajstić information content (AvgIpc) is 2.79. The predicted octanol–water partition coefficient (Wildman–Crippen LogP) is 8.38. The zero-order valence-corrected chi connectivity index (χ0v) is 19.1. The van der Waals surface area contributed by atoms with E-state index in [1.54, 1.807) is 0 Å². The molecule has 0 heterocycles. The van der Waals surface area contributed by atoms with Crippen molar-refractivity contribution in [2.75, 3.05) is 6.61 Å². The van der Waals surface area contributed by atoms with Crippen molar-refractivity contribution in [1.82, 2.24) is 0 Å². The van der Waals surface area contributed by atoms with Gasteiger partial charge < -0.3 is 4.74 Å². The number of hydrogen-bond acceptors (Lipinski definition) is 1. The van der Waals surface area contributed by atoms with Gasteiger partial charge in [-0.15, -0.1) is 0 Å². The molecule has 1 saturated carbocycles. The maximum Gasteiger partial charge on any atom is 0.0716 e. The Morgan fingerprint density at radius 2 is 1.47 bits per heavy atom. The molecule has 0 radical (unpaired) electrons. The van der Waals surface area contributed by atoms with Gasteiger partial charge in [0.1, 0.15) is 0 Å². The first-order valence-corrected chi connectivity index (χ1v) is 12.2. The van der Waals surface area contributed by atoms with Gasteiger partial charge in [-0.1, -0.05) is 80.4 Å². The third-order valence-electron chi connectivity index (χ3n) is 6.60. The highest BCUT2D eigenvalue weighted by Crippen LogP contribution is 2.32. The minimum atomic E-state index is 0.722. The lowest BCUT2D eigenvalue weighted by atomic mass is 9.79. The number of hydrogen-bond donors (Lipinski definition) is 0. The molecule has 0 unspecified atom stereocenters. The average molecular weight is 405 g/mol. The Morgan fingerprint density at radius 3 is 2.07 bits per heavy atom. The van der Waals surface area contributed by atoms with Gasteiger partial charge >= 0.3 is 0 Å². The highest BCUT2D eigenvalue weighted by atomic mass is 16.5. The van der Waals surface area contributed by atoms with Gasteiger partial charge in [-0.3, -0.25) is 0 Å². The normalized spacial score (nSPS) is 19.4. The van der Waals surface area contributed by atoms with E-state index in [1.807, 2.05) is 0 Å². The Morgan fingerprint density at radius 1 is 0.833 bits per heavy atom. The van der Waals surface area contributed by atoms with Gasteiger partial charge in [0.05, 0.1) is 6.61 Å². The van der Waals surface area contributed by atoms with Crippen LogP contribution in [0.15, 0.2) is 60.7 Å². The summed E-state index contributed by atoms with van der Waals surface area (Å²) in [6, 6.07) is 18.1. The second-order valence-corrected chi connectivity index (χ2v) is 9.00. The Balaban J connectivity index is 1.43. The van der Waals surface area contributed by atoms with E-state index in [0.717, 1.165) is 25.0 Å². The lowest BCUT2D eigenvalue weighted by Crippen LogP contribution is -2.13. The quantitative estimate of drug-likeness (QED) is 0.270. The van der Waals surface area contributed by atoms with E-state index < -0.39 is 0 Å². The molecule has 30 heavy (non-hydrogen) atoms. The maximum atomic E-state index is 5.77. The van der Waals surface area contributed by atoms with Crippen LogP contribution in [0.1, 0.15) is 76.3 Å². The number of aryl methyl sites for hydroxylation is 1. The molecule has 1 aliphatic rings. The van der Waals surface area contributed by atoms with Crippen molar-refractivity contribution in [3.63, 3.8) is 0 Å². The molecule has 0 amide bonds. The van der Waals surface area contributed by atoms with Crippen molar-refractivity contribution in [3.05, 3.63) is 71.8 Å². The van der Waals surface area contributed by atoms with E-state index in [9.17, 15) is 0 Å². The number of allylic oxidation sites excluding steroid dienone is 2. The van der Waals surface area contributed by atoms with E-state index in [2.05, 4.69) is 74.5 Å². The molecular formula is C29H40O. The topological polar surface area (TPSA) is 9.23 Å². The number of unbranched alkanes of at least 4 members (excludes halogenated alkanes) is 2. The SMILES string of the molecule is C/C=C\[C@H]1CC[C@H](CCc2ccc(-c3ccc(COCCCCC)cc3)cc2)CC1. The first-order chi connectivity index (χ1) is 14.8. The summed E-state index contributed by atoms with van der Waals surface area (Å²) in [6.07, 6.45) is 16.4. The van der Waals surface area contributed by atoms with Crippen molar-refractivity contribution in [2.45, 2.75) is 78.2 Å². The molecule has 1 aliphatic carbocycles. The summed E-state index contributed by atoms with van der Waals surface area (Å²) in [7, 11) is 0. The molecule has 0 saturated heterocycles. The fraction of sp³-hybridized carbons (Fsp3) is 0.517. The second kappa shape index (κ2) is 12.7. The molecule has 0 bridgehead atoms. The zero-order chi connectivity index (χ0) is 21.0. The molecule has 0 aliphatic heterocycles. The van der Waals surface area contributed by atoms with Crippen LogP contribution in [0, 0.1) is 11.8 Å². The van der Waals surface area contributed by atoms with Gasteiger partial charge in [0, 0.05) is 6.61 Å². The predicted molar refractivity (Wildman–Crippen MR) is 130 cm³/mol. The van der Waals surface area contributed by atoms with Crippen LogP contribution in [0.2, 0.25) is 0 Å². The van der Waals surface area contributed by atoms with Crippen LogP contribution in [-0.4, -0.2) is 6.61 Å². The number of ether oxygens (including phenoxy) is 1. The van der Waals surface area contributed by atoms with E-state index in [-0.39, 0.29) is 0 Å². The van der Waals surface area contributed by atoms with Gasteiger partial charge in [0.2, 0.25) is 0 Å². The third-order valence-corrected chi connectivity index (χ3v) is 6.60. The van der Waals surface area contributed by atoms with Crippen molar-refractivity contribution in [1.29, 1.82) is 0 Å². The summed E-state index contributed by atoms with van der Waals surface area (Å²) in [4.78, 5) is 0. The minimum absolute atomic E-state index is 0.722. The lowest BCUT2D eigenvalue weighted by molar-refractivity contribution is 0.117. The van der Waals surface area contributed by atoms with Crippen LogP contribution in [0.3, 0.4) is 0 Å². The fourth-order valence-electron chi connectivity index (χ4n) is 4.61. The van der Waals surface area contributed by atoms with Crippen LogP contribution in [0.25, 0.3) is 11.1 Å². The van der Waals surface area contributed by atoms with Crippen LogP contribution < -0.4 is 0 Å². The Bertz CT molecular complexity index is 733. The summed E-state index contributed by atoms with van der Waals surface area (Å²) in [5.41, 5.74) is 5.34. The first kappa shape index (κ1) is 22.8. The monoisotopic (exact) mass is 404 g/mol. The van der Waals surface area contributed by atoms with Crippen LogP contribution in [0.4, 0.5) is 0 Å². The summed E-state index contributed by atoms with van der Waals surface area (Å²) >= 11 is 0. The maximum absolute atomic E-state index is 5.77. The molecule has 1 fully saturated rings. The fourth-order valence-corrected chi connectivity index (χ4v) is 4.61. The van der Waals surface area contributed by atoms with Crippen molar-refractivity contribution in [3.8, 4) is 11.1 Å². The number of rotatable bonds is 11. The molecule has 3 rings (SSSR count). The molecule has 162 valence electrons. The lowest BCUT2D eigenvalue weighted by Gasteiger charge is -2.26. The summed E-state index contributed by atoms with van der Waals surface area (Å²) in [6.45, 7) is 5.96. The highest BCUT2D eigenvalue weighted by molar-refractivity contribution is 5.63. The molecule has 0 N–H and O–H groups in total. The summed E-state index contributed by atoms with van der Waals surface area (Å²) < 4.78 is 5.77. The molecule has 1 nitrogen and oxygen atoms in total. The summed E-state index contributed by atoms with van der Waals surface area (Å²) in [5, 5.41) is 0. The standard InChI is InChI=1S/C29H40O/c1-3-5-6-22-30-23-27-16-20-29(21-17-27)28-18-14-26(15-19-28)13-12-25-10-8-24(7-4-2)9-11-25/h4,7,14-21,24-25H,3,5-6,8-13,22-23H2,1-2H3/b7-4-/t24-,25-. The van der Waals surface area contributed by atoms with E-state index >= 15 is 0 Å². The molecule has 0 aromatic heterocycles. The van der Waals surface area contributed by atoms with Gasteiger partial charge in [-0.2, -0.15) is 0 Å². The Kier molecular flexibility index (Phi) is 9.70. The van der Waals surface area contributed by atoms with E-state index in [1.165, 1.54) is 80.0 Å². The van der Waals surface area contributed by atoms with Gasteiger partial charge in [0.15, 0.2) is 0 Å². The zero-order valence-electron chi connectivity index (χ0n) is 19.1. The van der Waals surface area contributed by atoms with Gasteiger partial charge in [0.25, 0.3) is 0 Å². The molecule has 1 heteroatoms. The molecule has 2 aromatic rings. The van der Waals surface area contributed by atoms with Crippen molar-refractivity contribution >= 4 is 0 Å². The highest BCUT2D eigenvalue weighted by Gasteiger charge is 2.19. The van der Waals surface area contributed by atoms with Gasteiger partial charge in [-0.05, 0) is 86.0 Å². The first-order valence-electron chi connectivity index (χ1n) is 12.2. The molecule has 0 spiro atoms. The summed E-state index contributed by atoms with van der Waals surface area (Å²) in [5.74, 6) is 1.76. The molecular weight excluding hydrogens is 364 g/mol. The minimum Gasteiger partial charge on any atom is -0.377 e. The second-order valence-electron chi connectivity index (χ2n) is 9.00. The number of benzene rings is 2. The smallest absolute Gasteiger partial charge is 0.0716 e. The van der Waals surface area contributed by atoms with Crippen molar-refractivity contribution < 1.29 is 4.74 Å². The van der Waals surface area contributed by atoms with Crippen LogP contribution in [-0.2, 0) is 17.8 Å². The van der Waals surface area contributed by atoms with E-state index in [0.29, 0.717) is 0 Å². The van der Waals surface area contributed by atoms with Crippen LogP contribution >= 0.6 is 0 Å². The van der Waals surface area contributed by atoms with Gasteiger partial charge in [-0.25, -0.2) is 0 Å². The Hall–Kier alpha value is -1.86. The molecule has 2 aromatic carbocycles. The van der Waals surface area contributed by atoms with Crippen molar-refractivity contribution in [2.24, 2.45) is 11.8 Å². The van der Waals surface area contributed by atoms with E-state index in [4.69, 9.17) is 4.74 Å². The largest absolute Gasteiger partial charge is 0.377 e.